The quantitative estimate of drug-likeness (QED) is 0.224. The maximum Gasteiger partial charge on any atom is 0.355 e. The molecule has 0 aliphatic rings. The average molecular weight is 504 g/mol. The Kier molecular flexibility index (Phi) is 7.93. The van der Waals surface area contributed by atoms with Crippen molar-refractivity contribution in [1.82, 2.24) is 14.8 Å². The Labute approximate surface area is 207 Å². The lowest BCUT2D eigenvalue weighted by atomic mass is 9.98. The third-order valence-electron chi connectivity index (χ3n) is 7.09. The molecular formula is C26H38FN3O4Si. The van der Waals surface area contributed by atoms with Gasteiger partial charge < -0.3 is 19.3 Å². The molecule has 0 fully saturated rings. The first-order chi connectivity index (χ1) is 16.3. The summed E-state index contributed by atoms with van der Waals surface area (Å²) in [7, 11) is -0.171. The Morgan fingerprint density at radius 1 is 1.26 bits per heavy atom. The summed E-state index contributed by atoms with van der Waals surface area (Å²) in [6, 6.07) is 3.10. The van der Waals surface area contributed by atoms with E-state index in [1.807, 2.05) is 0 Å². The summed E-state index contributed by atoms with van der Waals surface area (Å²) in [6.07, 6.45) is 1.29. The topological polar surface area (TPSA) is 89.4 Å². The zero-order valence-electron chi connectivity index (χ0n) is 22.1. The van der Waals surface area contributed by atoms with E-state index in [1.54, 1.807) is 31.6 Å². The normalized spacial score (nSPS) is 12.5. The van der Waals surface area contributed by atoms with Gasteiger partial charge in [0, 0.05) is 30.2 Å². The lowest BCUT2D eigenvalue weighted by Crippen LogP contribution is -2.41. The van der Waals surface area contributed by atoms with E-state index in [9.17, 15) is 9.90 Å². The van der Waals surface area contributed by atoms with Gasteiger partial charge in [-0.05, 0) is 62.5 Å². The monoisotopic (exact) mass is 503 g/mol. The summed E-state index contributed by atoms with van der Waals surface area (Å²) in [5.74, 6) is -0.923. The molecule has 0 saturated heterocycles. The van der Waals surface area contributed by atoms with Gasteiger partial charge in [0.05, 0.1) is 30.1 Å². The highest BCUT2D eigenvalue weighted by molar-refractivity contribution is 6.74. The van der Waals surface area contributed by atoms with Gasteiger partial charge in [-0.15, -0.1) is 0 Å². The molecule has 3 rings (SSSR count). The number of rotatable bonds is 9. The van der Waals surface area contributed by atoms with Gasteiger partial charge in [0.25, 0.3) is 0 Å². The largest absolute Gasteiger partial charge is 0.461 e. The standard InChI is InChI=1S/C26H38FN3O4Si/c1-9-33-25(32)24-17(11-10-14-34-35(7,8)26(3,4)5)18-12-13-19(27)22(23(18)28-24)21-16(2)29-30(6)20(21)15-31/h12-13,28,31H,9-11,14-15H2,1-8H3. The molecule has 3 aromatic rings. The molecule has 0 amide bonds. The van der Waals surface area contributed by atoms with Gasteiger partial charge in [0.2, 0.25) is 0 Å². The van der Waals surface area contributed by atoms with Crippen LogP contribution in [0.1, 0.15) is 61.6 Å². The molecule has 0 bridgehead atoms. The van der Waals surface area contributed by atoms with Crippen LogP contribution >= 0.6 is 0 Å². The number of nitrogens with one attached hydrogen (secondary N) is 1. The van der Waals surface area contributed by atoms with Crippen molar-refractivity contribution in [1.29, 1.82) is 0 Å². The second kappa shape index (κ2) is 10.2. The minimum atomic E-state index is -1.89. The van der Waals surface area contributed by atoms with Gasteiger partial charge in [-0.25, -0.2) is 9.18 Å². The fourth-order valence-electron chi connectivity index (χ4n) is 4.18. The number of hydrogen-bond acceptors (Lipinski definition) is 5. The molecule has 7 nitrogen and oxygen atoms in total. The number of aryl methyl sites for hydroxylation is 3. The van der Waals surface area contributed by atoms with Crippen LogP contribution in [0.15, 0.2) is 12.1 Å². The molecule has 0 aliphatic heterocycles. The van der Waals surface area contributed by atoms with Gasteiger partial charge >= 0.3 is 5.97 Å². The number of esters is 1. The first-order valence-corrected chi connectivity index (χ1v) is 15.0. The average Bonchev–Trinajstić information content (AvgIpc) is 3.26. The number of H-pyrrole nitrogens is 1. The molecule has 0 saturated carbocycles. The molecule has 2 aromatic heterocycles. The Bertz CT molecular complexity index is 1220. The van der Waals surface area contributed by atoms with E-state index in [4.69, 9.17) is 9.16 Å². The van der Waals surface area contributed by atoms with E-state index < -0.39 is 20.1 Å². The van der Waals surface area contributed by atoms with Gasteiger partial charge in [0.15, 0.2) is 8.32 Å². The number of aromatic nitrogens is 3. The fourth-order valence-corrected chi connectivity index (χ4v) is 5.27. The minimum absolute atomic E-state index is 0.113. The second-order valence-electron chi connectivity index (χ2n) is 10.4. The Hall–Kier alpha value is -2.49. The number of fused-ring (bicyclic) bond motifs is 1. The van der Waals surface area contributed by atoms with E-state index >= 15 is 4.39 Å². The zero-order valence-corrected chi connectivity index (χ0v) is 23.1. The van der Waals surface area contributed by atoms with Crippen molar-refractivity contribution in [2.45, 2.75) is 72.2 Å². The van der Waals surface area contributed by atoms with Gasteiger partial charge in [-0.2, -0.15) is 5.10 Å². The van der Waals surface area contributed by atoms with E-state index in [1.165, 1.54) is 6.07 Å². The van der Waals surface area contributed by atoms with Crippen molar-refractivity contribution in [2.75, 3.05) is 13.2 Å². The van der Waals surface area contributed by atoms with Gasteiger partial charge in [-0.3, -0.25) is 4.68 Å². The van der Waals surface area contributed by atoms with Crippen LogP contribution in [0.5, 0.6) is 0 Å². The van der Waals surface area contributed by atoms with Gasteiger partial charge in [0.1, 0.15) is 11.5 Å². The van der Waals surface area contributed by atoms with Crippen LogP contribution in [-0.4, -0.2) is 47.4 Å². The van der Waals surface area contributed by atoms with Crippen molar-refractivity contribution >= 4 is 25.2 Å². The summed E-state index contributed by atoms with van der Waals surface area (Å²) >= 11 is 0. The SMILES string of the molecule is CCOC(=O)c1[nH]c2c(-c3c(C)nn(C)c3CO)c(F)ccc2c1CCCO[Si](C)(C)C(C)(C)C. The molecule has 35 heavy (non-hydrogen) atoms. The molecule has 192 valence electrons. The molecule has 0 atom stereocenters. The molecule has 2 heterocycles. The predicted octanol–water partition coefficient (Wildman–Crippen LogP) is 5.64. The maximum absolute atomic E-state index is 15.3. The highest BCUT2D eigenvalue weighted by atomic mass is 28.4. The number of halogens is 1. The molecule has 9 heteroatoms. The Morgan fingerprint density at radius 3 is 2.54 bits per heavy atom. The van der Waals surface area contributed by atoms with Crippen molar-refractivity contribution < 1.29 is 23.5 Å². The summed E-state index contributed by atoms with van der Waals surface area (Å²) in [4.78, 5) is 16.0. The molecule has 0 radical (unpaired) electrons. The van der Waals surface area contributed by atoms with E-state index in [0.717, 1.165) is 10.9 Å². The second-order valence-corrected chi connectivity index (χ2v) is 15.3. The first-order valence-electron chi connectivity index (χ1n) is 12.1. The van der Waals surface area contributed by atoms with Crippen molar-refractivity contribution in [2.24, 2.45) is 7.05 Å². The van der Waals surface area contributed by atoms with E-state index in [-0.39, 0.29) is 18.3 Å². The lowest BCUT2D eigenvalue weighted by molar-refractivity contribution is 0.0519. The third kappa shape index (κ3) is 5.22. The minimum Gasteiger partial charge on any atom is -0.461 e. The number of carbonyl (C=O) groups excluding carboxylic acids is 1. The van der Waals surface area contributed by atoms with Crippen molar-refractivity contribution in [3.05, 3.63) is 40.6 Å². The van der Waals surface area contributed by atoms with Gasteiger partial charge in [-0.1, -0.05) is 20.8 Å². The summed E-state index contributed by atoms with van der Waals surface area (Å²) in [5, 5.41) is 15.2. The van der Waals surface area contributed by atoms with Crippen LogP contribution in [0, 0.1) is 12.7 Å². The maximum atomic E-state index is 15.3. The highest BCUT2D eigenvalue weighted by Gasteiger charge is 2.37. The summed E-state index contributed by atoms with van der Waals surface area (Å²) in [5.41, 5.74) is 3.54. The summed E-state index contributed by atoms with van der Waals surface area (Å²) in [6.45, 7) is 15.1. The highest BCUT2D eigenvalue weighted by Crippen LogP contribution is 2.39. The van der Waals surface area contributed by atoms with E-state index in [2.05, 4.69) is 43.9 Å². The molecule has 0 aliphatic carbocycles. The predicted molar refractivity (Wildman–Crippen MR) is 139 cm³/mol. The Balaban J connectivity index is 2.07. The van der Waals surface area contributed by atoms with Crippen LogP contribution in [-0.2, 0) is 29.2 Å². The Morgan fingerprint density at radius 2 is 1.94 bits per heavy atom. The van der Waals surface area contributed by atoms with Crippen LogP contribution < -0.4 is 0 Å². The number of nitrogens with zero attached hydrogens (tertiary/aromatic N) is 2. The van der Waals surface area contributed by atoms with Crippen LogP contribution in [0.2, 0.25) is 18.1 Å². The molecule has 1 aromatic carbocycles. The zero-order chi connectivity index (χ0) is 26.1. The lowest BCUT2D eigenvalue weighted by Gasteiger charge is -2.36. The number of hydrogen-bond donors (Lipinski definition) is 2. The molecule has 0 spiro atoms. The van der Waals surface area contributed by atoms with Crippen LogP contribution in [0.3, 0.4) is 0 Å². The fraction of sp³-hybridized carbons (Fsp3) is 0.538. The van der Waals surface area contributed by atoms with Crippen molar-refractivity contribution in [3.63, 3.8) is 0 Å². The third-order valence-corrected chi connectivity index (χ3v) is 11.6. The molecule has 2 N–H and O–H groups in total. The number of aliphatic hydroxyl groups excluding tert-OH is 1. The molecular weight excluding hydrogens is 465 g/mol. The number of carbonyl (C=O) groups is 1. The number of aliphatic hydroxyl groups is 1. The van der Waals surface area contributed by atoms with Crippen LogP contribution in [0.25, 0.3) is 22.0 Å². The first kappa shape index (κ1) is 27.1. The number of benzene rings is 1. The smallest absolute Gasteiger partial charge is 0.355 e. The van der Waals surface area contributed by atoms with Crippen molar-refractivity contribution in [3.8, 4) is 11.1 Å². The number of aromatic amines is 1. The molecule has 0 unspecified atom stereocenters. The van der Waals surface area contributed by atoms with E-state index in [0.29, 0.717) is 53.2 Å². The van der Waals surface area contributed by atoms with Crippen LogP contribution in [0.4, 0.5) is 4.39 Å². The number of ether oxygens (including phenoxy) is 1. The summed E-state index contributed by atoms with van der Waals surface area (Å²) < 4.78 is 28.5.